The van der Waals surface area contributed by atoms with Crippen LogP contribution in [-0.4, -0.2) is 24.9 Å². The molecule has 236 valence electrons. The Morgan fingerprint density at radius 2 is 0.780 bits per heavy atom. The van der Waals surface area contributed by atoms with Crippen LogP contribution < -0.4 is 9.47 Å². The summed E-state index contributed by atoms with van der Waals surface area (Å²) in [5, 5.41) is 0. The number of nitrogens with zero attached hydrogens (tertiary/aromatic N) is 5. The van der Waals surface area contributed by atoms with Gasteiger partial charge in [0.1, 0.15) is 0 Å². The van der Waals surface area contributed by atoms with Crippen molar-refractivity contribution in [2.75, 3.05) is 0 Å². The Bertz CT molecular complexity index is 2420. The first-order chi connectivity index (χ1) is 24.7. The lowest BCUT2D eigenvalue weighted by Gasteiger charge is -2.23. The monoisotopic (exact) mass is 645 g/mol. The number of rotatable bonds is 6. The van der Waals surface area contributed by atoms with Crippen LogP contribution >= 0.6 is 0 Å². The molecule has 0 bridgehead atoms. The maximum atomic E-state index is 6.54. The van der Waals surface area contributed by atoms with Crippen molar-refractivity contribution in [1.82, 2.24) is 24.9 Å². The number of benzene rings is 5. The minimum absolute atomic E-state index is 0.596. The summed E-state index contributed by atoms with van der Waals surface area (Å²) in [7, 11) is 0. The fourth-order valence-corrected chi connectivity index (χ4v) is 6.11. The summed E-state index contributed by atoms with van der Waals surface area (Å²) in [6.07, 6.45) is 7.23. The van der Waals surface area contributed by atoms with Crippen LogP contribution in [0.25, 0.3) is 67.5 Å². The van der Waals surface area contributed by atoms with E-state index < -0.39 is 0 Å². The molecule has 0 saturated heterocycles. The molecule has 0 spiro atoms. The SMILES string of the molecule is c1ccc(-c2nc(-c3ccccc3)nc(-c3cccc(-c4ccc5c(c4)Oc4cc(-c6cccnc6)c(-c6cccnc6)cc4O5)c3)n2)cc1. The number of ether oxygens (including phenoxy) is 2. The third kappa shape index (κ3) is 5.63. The van der Waals surface area contributed by atoms with Gasteiger partial charge in [-0.2, -0.15) is 0 Å². The van der Waals surface area contributed by atoms with Gasteiger partial charge >= 0.3 is 0 Å². The van der Waals surface area contributed by atoms with Crippen molar-refractivity contribution >= 4 is 0 Å². The number of hydrogen-bond acceptors (Lipinski definition) is 7. The first kappa shape index (κ1) is 29.2. The van der Waals surface area contributed by atoms with Crippen LogP contribution in [0.2, 0.25) is 0 Å². The van der Waals surface area contributed by atoms with E-state index in [2.05, 4.69) is 22.1 Å². The van der Waals surface area contributed by atoms with Gasteiger partial charge in [-0.25, -0.2) is 15.0 Å². The van der Waals surface area contributed by atoms with Gasteiger partial charge in [0.15, 0.2) is 40.5 Å². The molecular weight excluding hydrogens is 619 g/mol. The number of fused-ring (bicyclic) bond motifs is 2. The lowest BCUT2D eigenvalue weighted by molar-refractivity contribution is 0.360. The first-order valence-corrected chi connectivity index (χ1v) is 16.2. The van der Waals surface area contributed by atoms with Gasteiger partial charge in [0.2, 0.25) is 0 Å². The van der Waals surface area contributed by atoms with E-state index in [4.69, 9.17) is 24.4 Å². The topological polar surface area (TPSA) is 82.9 Å². The van der Waals surface area contributed by atoms with E-state index in [1.54, 1.807) is 12.4 Å². The van der Waals surface area contributed by atoms with Crippen LogP contribution in [-0.2, 0) is 0 Å². The normalized spacial score (nSPS) is 11.5. The second-order valence-corrected chi connectivity index (χ2v) is 11.8. The molecule has 1 aliphatic rings. The van der Waals surface area contributed by atoms with E-state index in [-0.39, 0.29) is 0 Å². The lowest BCUT2D eigenvalue weighted by atomic mass is 9.95. The Balaban J connectivity index is 1.08. The Kier molecular flexibility index (Phi) is 7.33. The molecule has 7 heteroatoms. The van der Waals surface area contributed by atoms with E-state index in [1.165, 1.54) is 0 Å². The molecule has 5 aromatic carbocycles. The Morgan fingerprint density at radius 1 is 0.320 bits per heavy atom. The van der Waals surface area contributed by atoms with Crippen molar-refractivity contribution in [3.63, 3.8) is 0 Å². The second kappa shape index (κ2) is 12.6. The molecule has 0 unspecified atom stereocenters. The van der Waals surface area contributed by atoms with Crippen LogP contribution in [0.1, 0.15) is 0 Å². The molecule has 0 N–H and O–H groups in total. The van der Waals surface area contributed by atoms with Crippen LogP contribution in [0.3, 0.4) is 0 Å². The van der Waals surface area contributed by atoms with E-state index in [1.807, 2.05) is 140 Å². The third-order valence-corrected chi connectivity index (χ3v) is 8.57. The predicted octanol–water partition coefficient (Wildman–Crippen LogP) is 10.6. The van der Waals surface area contributed by atoms with Gasteiger partial charge in [0, 0.05) is 52.6 Å². The largest absolute Gasteiger partial charge is 0.449 e. The summed E-state index contributed by atoms with van der Waals surface area (Å²) in [5.74, 6) is 4.37. The van der Waals surface area contributed by atoms with Gasteiger partial charge in [0.05, 0.1) is 0 Å². The van der Waals surface area contributed by atoms with Gasteiger partial charge in [-0.15, -0.1) is 0 Å². The first-order valence-electron chi connectivity index (χ1n) is 16.2. The lowest BCUT2D eigenvalue weighted by Crippen LogP contribution is -2.01. The summed E-state index contributed by atoms with van der Waals surface area (Å²) < 4.78 is 13.0. The fourth-order valence-electron chi connectivity index (χ4n) is 6.11. The van der Waals surface area contributed by atoms with Crippen molar-refractivity contribution in [2.24, 2.45) is 0 Å². The van der Waals surface area contributed by atoms with Crippen molar-refractivity contribution in [3.05, 3.63) is 164 Å². The Hall–Kier alpha value is -6.99. The van der Waals surface area contributed by atoms with Gasteiger partial charge < -0.3 is 9.47 Å². The molecule has 8 aromatic rings. The molecule has 0 amide bonds. The fraction of sp³-hybridized carbons (Fsp3) is 0. The highest BCUT2D eigenvalue weighted by Gasteiger charge is 2.23. The molecule has 1 aliphatic heterocycles. The number of aromatic nitrogens is 5. The zero-order valence-corrected chi connectivity index (χ0v) is 26.6. The summed E-state index contributed by atoms with van der Waals surface area (Å²) in [4.78, 5) is 23.4. The highest BCUT2D eigenvalue weighted by Crippen LogP contribution is 2.50. The summed E-state index contributed by atoms with van der Waals surface area (Å²) in [5.41, 5.74) is 8.60. The molecule has 7 nitrogen and oxygen atoms in total. The molecule has 9 rings (SSSR count). The quantitative estimate of drug-likeness (QED) is 0.178. The number of hydrogen-bond donors (Lipinski definition) is 0. The average Bonchev–Trinajstić information content (AvgIpc) is 3.20. The maximum absolute atomic E-state index is 6.54. The van der Waals surface area contributed by atoms with Crippen LogP contribution in [0.15, 0.2) is 164 Å². The Morgan fingerprint density at radius 3 is 1.34 bits per heavy atom. The molecular formula is C43H27N5O2. The van der Waals surface area contributed by atoms with Crippen molar-refractivity contribution in [2.45, 2.75) is 0 Å². The van der Waals surface area contributed by atoms with E-state index >= 15 is 0 Å². The van der Waals surface area contributed by atoms with Gasteiger partial charge in [-0.3, -0.25) is 9.97 Å². The molecule has 0 fully saturated rings. The zero-order valence-electron chi connectivity index (χ0n) is 26.6. The van der Waals surface area contributed by atoms with Gasteiger partial charge in [0.25, 0.3) is 0 Å². The molecule has 50 heavy (non-hydrogen) atoms. The molecule has 0 saturated carbocycles. The van der Waals surface area contributed by atoms with Crippen LogP contribution in [0.5, 0.6) is 23.0 Å². The summed E-state index contributed by atoms with van der Waals surface area (Å²) in [6, 6.07) is 46.1. The average molecular weight is 646 g/mol. The maximum Gasteiger partial charge on any atom is 0.170 e. The van der Waals surface area contributed by atoms with Crippen molar-refractivity contribution in [3.8, 4) is 90.5 Å². The zero-order chi connectivity index (χ0) is 33.3. The van der Waals surface area contributed by atoms with Crippen molar-refractivity contribution in [1.29, 1.82) is 0 Å². The third-order valence-electron chi connectivity index (χ3n) is 8.57. The molecule has 4 heterocycles. The predicted molar refractivity (Wildman–Crippen MR) is 195 cm³/mol. The standard InChI is InChI=1S/C43H27N5O2/c1-3-10-28(11-4-1)41-46-42(29-12-5-2-6-13-29)48-43(47-41)32-15-7-14-30(22-32)31-18-19-37-38(23-31)50-40-25-36(34-17-9-21-45-27-34)35(24-39(40)49-37)33-16-8-20-44-26-33/h1-27H. The van der Waals surface area contributed by atoms with E-state index in [0.29, 0.717) is 40.5 Å². The minimum Gasteiger partial charge on any atom is -0.449 e. The highest BCUT2D eigenvalue weighted by molar-refractivity contribution is 5.86. The van der Waals surface area contributed by atoms with Crippen LogP contribution in [0, 0.1) is 0 Å². The highest BCUT2D eigenvalue weighted by atomic mass is 16.6. The van der Waals surface area contributed by atoms with E-state index in [0.717, 1.165) is 50.1 Å². The van der Waals surface area contributed by atoms with E-state index in [9.17, 15) is 0 Å². The summed E-state index contributed by atoms with van der Waals surface area (Å²) >= 11 is 0. The summed E-state index contributed by atoms with van der Waals surface area (Å²) in [6.45, 7) is 0. The molecule has 0 atom stereocenters. The molecule has 0 aliphatic carbocycles. The van der Waals surface area contributed by atoms with Crippen LogP contribution in [0.4, 0.5) is 0 Å². The minimum atomic E-state index is 0.596. The van der Waals surface area contributed by atoms with Crippen molar-refractivity contribution < 1.29 is 9.47 Å². The van der Waals surface area contributed by atoms with Gasteiger partial charge in [-0.1, -0.05) is 97.1 Å². The number of pyridine rings is 2. The molecule has 3 aromatic heterocycles. The smallest absolute Gasteiger partial charge is 0.170 e. The second-order valence-electron chi connectivity index (χ2n) is 11.8. The Labute approximate surface area is 288 Å². The molecule has 0 radical (unpaired) electrons. The van der Waals surface area contributed by atoms with Gasteiger partial charge in [-0.05, 0) is 64.7 Å².